The minimum Gasteiger partial charge on any atom is -0.374 e. The molecule has 0 N–H and O–H groups in total. The molecule has 0 atom stereocenters. The summed E-state index contributed by atoms with van der Waals surface area (Å²) in [5.41, 5.74) is 3.62. The van der Waals surface area contributed by atoms with E-state index in [0.29, 0.717) is 5.41 Å². The van der Waals surface area contributed by atoms with Crippen LogP contribution in [0.1, 0.15) is 44.6 Å². The highest BCUT2D eigenvalue weighted by Crippen LogP contribution is 2.49. The molecule has 0 unspecified atom stereocenters. The second-order valence-corrected chi connectivity index (χ2v) is 6.15. The Kier molecular flexibility index (Phi) is 2.65. The average Bonchev–Trinajstić information content (AvgIpc) is 2.38. The van der Waals surface area contributed by atoms with E-state index in [1.807, 2.05) is 0 Å². The van der Waals surface area contributed by atoms with E-state index in [1.54, 1.807) is 5.56 Å². The van der Waals surface area contributed by atoms with Gasteiger partial charge in [0.2, 0.25) is 0 Å². The van der Waals surface area contributed by atoms with E-state index in [2.05, 4.69) is 43.1 Å². The number of hydrogen-bond acceptors (Lipinski definition) is 1. The summed E-state index contributed by atoms with van der Waals surface area (Å²) < 4.78 is 0. The van der Waals surface area contributed by atoms with E-state index < -0.39 is 0 Å². The van der Waals surface area contributed by atoms with Gasteiger partial charge in [-0.15, -0.1) is 0 Å². The maximum atomic E-state index is 2.43. The molecule has 1 heterocycles. The Morgan fingerprint density at radius 1 is 1.12 bits per heavy atom. The Hall–Kier alpha value is -0.980. The highest BCUT2D eigenvalue weighted by Gasteiger charge is 2.39. The summed E-state index contributed by atoms with van der Waals surface area (Å²) in [4.78, 5) is 2.43. The van der Waals surface area contributed by atoms with Crippen LogP contribution in [-0.4, -0.2) is 13.6 Å². The first kappa shape index (κ1) is 11.1. The molecule has 1 aliphatic carbocycles. The Morgan fingerprint density at radius 3 is 2.59 bits per heavy atom. The molecule has 1 fully saturated rings. The molecule has 0 amide bonds. The summed E-state index contributed by atoms with van der Waals surface area (Å²) >= 11 is 0. The zero-order chi connectivity index (χ0) is 11.9. The topological polar surface area (TPSA) is 3.24 Å². The van der Waals surface area contributed by atoms with Crippen LogP contribution in [0.5, 0.6) is 0 Å². The van der Waals surface area contributed by atoms with Gasteiger partial charge in [0.05, 0.1) is 0 Å². The van der Waals surface area contributed by atoms with Gasteiger partial charge in [-0.3, -0.25) is 0 Å². The van der Waals surface area contributed by atoms with Crippen molar-refractivity contribution in [3.05, 3.63) is 29.8 Å². The van der Waals surface area contributed by atoms with Gasteiger partial charge in [-0.05, 0) is 55.1 Å². The smallest absolute Gasteiger partial charge is 0.0401 e. The summed E-state index contributed by atoms with van der Waals surface area (Å²) in [6.07, 6.45) is 6.99. The van der Waals surface area contributed by atoms with Crippen molar-refractivity contribution in [2.45, 2.75) is 44.4 Å². The molecule has 1 nitrogen and oxygen atoms in total. The molecule has 1 spiro atoms. The van der Waals surface area contributed by atoms with Crippen molar-refractivity contribution < 1.29 is 0 Å². The second kappa shape index (κ2) is 4.04. The van der Waals surface area contributed by atoms with Gasteiger partial charge in [-0.2, -0.15) is 0 Å². The van der Waals surface area contributed by atoms with Crippen molar-refractivity contribution in [2.24, 2.45) is 5.92 Å². The van der Waals surface area contributed by atoms with Gasteiger partial charge in [-0.1, -0.05) is 25.1 Å². The highest BCUT2D eigenvalue weighted by molar-refractivity contribution is 5.58. The number of hydrogen-bond donors (Lipinski definition) is 0. The van der Waals surface area contributed by atoms with Crippen LogP contribution in [0.2, 0.25) is 0 Å². The third kappa shape index (κ3) is 1.76. The molecular weight excluding hydrogens is 206 g/mol. The molecule has 92 valence electrons. The molecule has 1 heteroatoms. The van der Waals surface area contributed by atoms with E-state index in [9.17, 15) is 0 Å². The molecule has 1 aromatic rings. The molecular formula is C16H23N. The van der Waals surface area contributed by atoms with Crippen LogP contribution < -0.4 is 4.90 Å². The van der Waals surface area contributed by atoms with Crippen LogP contribution in [0.15, 0.2) is 24.3 Å². The summed E-state index contributed by atoms with van der Waals surface area (Å²) in [5, 5.41) is 0. The zero-order valence-corrected chi connectivity index (χ0v) is 11.1. The first-order chi connectivity index (χ1) is 8.21. The number of anilines is 1. The highest BCUT2D eigenvalue weighted by atomic mass is 15.1. The number of rotatable bonds is 0. The normalized spacial score (nSPS) is 32.6. The van der Waals surface area contributed by atoms with Crippen molar-refractivity contribution in [2.75, 3.05) is 18.5 Å². The summed E-state index contributed by atoms with van der Waals surface area (Å²) in [6, 6.07) is 9.08. The minimum atomic E-state index is 0.510. The summed E-state index contributed by atoms with van der Waals surface area (Å²) in [5.74, 6) is 0.937. The Bertz CT molecular complexity index is 402. The maximum Gasteiger partial charge on any atom is 0.0401 e. The molecule has 3 rings (SSSR count). The van der Waals surface area contributed by atoms with Crippen LogP contribution >= 0.6 is 0 Å². The van der Waals surface area contributed by atoms with Crippen LogP contribution in [0.25, 0.3) is 0 Å². The van der Waals surface area contributed by atoms with Crippen molar-refractivity contribution in [1.29, 1.82) is 0 Å². The number of para-hydroxylation sites is 1. The van der Waals surface area contributed by atoms with Crippen molar-refractivity contribution in [3.63, 3.8) is 0 Å². The number of fused-ring (bicyclic) bond motifs is 2. The molecule has 0 radical (unpaired) electrons. The van der Waals surface area contributed by atoms with Gasteiger partial charge in [0.25, 0.3) is 0 Å². The predicted octanol–water partition coefficient (Wildman–Crippen LogP) is 3.97. The summed E-state index contributed by atoms with van der Waals surface area (Å²) in [6.45, 7) is 3.64. The van der Waals surface area contributed by atoms with Gasteiger partial charge in [0, 0.05) is 19.3 Å². The van der Waals surface area contributed by atoms with E-state index >= 15 is 0 Å². The molecule has 0 aromatic heterocycles. The fraction of sp³-hybridized carbons (Fsp3) is 0.625. The van der Waals surface area contributed by atoms with Crippen molar-refractivity contribution in [1.82, 2.24) is 0 Å². The molecule has 1 saturated carbocycles. The van der Waals surface area contributed by atoms with Crippen LogP contribution in [-0.2, 0) is 5.41 Å². The van der Waals surface area contributed by atoms with Crippen molar-refractivity contribution >= 4 is 5.69 Å². The molecule has 2 aliphatic rings. The number of benzene rings is 1. The van der Waals surface area contributed by atoms with Gasteiger partial charge in [0.1, 0.15) is 0 Å². The molecule has 17 heavy (non-hydrogen) atoms. The average molecular weight is 229 g/mol. The van der Waals surface area contributed by atoms with Crippen molar-refractivity contribution in [3.8, 4) is 0 Å². The van der Waals surface area contributed by atoms with E-state index in [1.165, 1.54) is 44.3 Å². The lowest BCUT2D eigenvalue weighted by molar-refractivity contribution is 0.224. The SMILES string of the molecule is CC1CCC2(CC1)CCN(C)c1ccccc12. The van der Waals surface area contributed by atoms with Gasteiger partial charge in [0.15, 0.2) is 0 Å². The predicted molar refractivity (Wildman–Crippen MR) is 73.6 cm³/mol. The summed E-state index contributed by atoms with van der Waals surface area (Å²) in [7, 11) is 2.23. The zero-order valence-electron chi connectivity index (χ0n) is 11.1. The quantitative estimate of drug-likeness (QED) is 0.650. The Balaban J connectivity index is 2.00. The van der Waals surface area contributed by atoms with Gasteiger partial charge >= 0.3 is 0 Å². The third-order valence-electron chi connectivity index (χ3n) is 5.04. The largest absolute Gasteiger partial charge is 0.374 e. The maximum absolute atomic E-state index is 2.43. The Morgan fingerprint density at radius 2 is 1.82 bits per heavy atom. The molecule has 0 saturated heterocycles. The van der Waals surface area contributed by atoms with Gasteiger partial charge < -0.3 is 4.90 Å². The van der Waals surface area contributed by atoms with E-state index in [4.69, 9.17) is 0 Å². The molecule has 1 aliphatic heterocycles. The fourth-order valence-electron chi connectivity index (χ4n) is 3.73. The molecule has 1 aromatic carbocycles. The molecule has 0 bridgehead atoms. The standard InChI is InChI=1S/C16H23N/c1-13-7-9-16(10-8-13)11-12-17(2)15-6-4-3-5-14(15)16/h3-6,13H,7-12H2,1-2H3. The monoisotopic (exact) mass is 229 g/mol. The van der Waals surface area contributed by atoms with E-state index in [-0.39, 0.29) is 0 Å². The van der Waals surface area contributed by atoms with E-state index in [0.717, 1.165) is 5.92 Å². The third-order valence-corrected chi connectivity index (χ3v) is 5.04. The second-order valence-electron chi connectivity index (χ2n) is 6.15. The van der Waals surface area contributed by atoms with Crippen LogP contribution in [0, 0.1) is 5.92 Å². The van der Waals surface area contributed by atoms with Gasteiger partial charge in [-0.25, -0.2) is 0 Å². The minimum absolute atomic E-state index is 0.510. The lowest BCUT2D eigenvalue weighted by Crippen LogP contribution is -2.40. The first-order valence-electron chi connectivity index (χ1n) is 7.02. The first-order valence-corrected chi connectivity index (χ1v) is 7.02. The Labute approximate surface area is 105 Å². The lowest BCUT2D eigenvalue weighted by Gasteiger charge is -2.46. The van der Waals surface area contributed by atoms with Crippen LogP contribution in [0.4, 0.5) is 5.69 Å². The van der Waals surface area contributed by atoms with Crippen LogP contribution in [0.3, 0.4) is 0 Å². The number of nitrogens with zero attached hydrogens (tertiary/aromatic N) is 1. The fourth-order valence-corrected chi connectivity index (χ4v) is 3.73. The lowest BCUT2D eigenvalue weighted by atomic mass is 9.63.